The van der Waals surface area contributed by atoms with Crippen molar-refractivity contribution >= 4 is 43.1 Å². The maximum atomic E-state index is 2.49. The average Bonchev–Trinajstić information content (AvgIpc) is 2.79. The molecule has 5 aromatic rings. The summed E-state index contributed by atoms with van der Waals surface area (Å²) >= 11 is 0. The number of rotatable bonds is 0. The third kappa shape index (κ3) is 4.81. The Balaban J connectivity index is 0.00000164. The first-order valence-corrected chi connectivity index (χ1v) is 14.6. The van der Waals surface area contributed by atoms with Crippen LogP contribution in [0.3, 0.4) is 0 Å². The zero-order valence-corrected chi connectivity index (χ0v) is 26.6. The van der Waals surface area contributed by atoms with E-state index in [4.69, 9.17) is 0 Å². The second kappa shape index (κ2) is 8.97. The second-order valence-electron chi connectivity index (χ2n) is 15.3. The predicted molar refractivity (Wildman–Crippen MR) is 174 cm³/mol. The van der Waals surface area contributed by atoms with Crippen LogP contribution in [0, 0.1) is 0 Å². The highest BCUT2D eigenvalue weighted by atomic mass is 14.3. The second-order valence-corrected chi connectivity index (χ2v) is 15.3. The van der Waals surface area contributed by atoms with Gasteiger partial charge in [0.2, 0.25) is 0 Å². The van der Waals surface area contributed by atoms with Gasteiger partial charge in [0, 0.05) is 0 Å². The van der Waals surface area contributed by atoms with Crippen LogP contribution < -0.4 is 0 Å². The van der Waals surface area contributed by atoms with Crippen molar-refractivity contribution in [2.75, 3.05) is 0 Å². The fourth-order valence-corrected chi connectivity index (χ4v) is 5.61. The number of fused-ring (bicyclic) bond motifs is 2. The summed E-state index contributed by atoms with van der Waals surface area (Å²) in [7, 11) is 0. The minimum absolute atomic E-state index is 0.0830. The molecule has 202 valence electrons. The van der Waals surface area contributed by atoms with Crippen LogP contribution in [0.25, 0.3) is 43.1 Å². The highest BCUT2D eigenvalue weighted by Crippen LogP contribution is 2.46. The summed E-state index contributed by atoms with van der Waals surface area (Å²) < 4.78 is 0. The Kier molecular flexibility index (Phi) is 6.71. The van der Waals surface area contributed by atoms with E-state index >= 15 is 0 Å². The molecule has 0 unspecified atom stereocenters. The Morgan fingerprint density at radius 1 is 0.316 bits per heavy atom. The van der Waals surface area contributed by atoms with Crippen LogP contribution in [0.5, 0.6) is 0 Å². The average molecular weight is 507 g/mol. The molecule has 5 rings (SSSR count). The van der Waals surface area contributed by atoms with E-state index in [2.05, 4.69) is 132 Å². The van der Waals surface area contributed by atoms with Crippen molar-refractivity contribution in [2.45, 2.75) is 119 Å². The molecule has 0 saturated heterocycles. The molecule has 0 nitrogen and oxygen atoms in total. The molecule has 0 aliphatic heterocycles. The minimum atomic E-state index is 0.0830. The van der Waals surface area contributed by atoms with E-state index < -0.39 is 0 Å². The number of hydrogen-bond acceptors (Lipinski definition) is 0. The van der Waals surface area contributed by atoms with Gasteiger partial charge in [-0.3, -0.25) is 0 Å². The standard InChI is InChI=1S/C36H44.C2H6/c1-33(2,3)23-13-21-14-24(34(4,5)6)19-29-30-20-26(36(10,11)12)16-22-15-25(35(7,8)9)18-28(32(22)30)27(17-23)31(21)29;1-2/h13-20H,1-12H3;1-2H3. The highest BCUT2D eigenvalue weighted by Gasteiger charge is 2.25. The Morgan fingerprint density at radius 3 is 0.658 bits per heavy atom. The Morgan fingerprint density at radius 2 is 0.500 bits per heavy atom. The van der Waals surface area contributed by atoms with Gasteiger partial charge < -0.3 is 0 Å². The molecule has 5 aromatic carbocycles. The Hall–Kier alpha value is -2.60. The molecule has 0 heteroatoms. The van der Waals surface area contributed by atoms with Gasteiger partial charge in [-0.25, -0.2) is 0 Å². The number of benzene rings is 5. The zero-order chi connectivity index (χ0) is 28.6. The molecule has 0 radical (unpaired) electrons. The zero-order valence-electron chi connectivity index (χ0n) is 26.6. The molecule has 0 heterocycles. The van der Waals surface area contributed by atoms with Gasteiger partial charge in [-0.2, -0.15) is 0 Å². The van der Waals surface area contributed by atoms with E-state index in [9.17, 15) is 0 Å². The monoisotopic (exact) mass is 506 g/mol. The van der Waals surface area contributed by atoms with Crippen LogP contribution in [0.2, 0.25) is 0 Å². The quantitative estimate of drug-likeness (QED) is 0.145. The largest absolute Gasteiger partial charge is 0.0683 e. The van der Waals surface area contributed by atoms with E-state index in [0.29, 0.717) is 0 Å². The third-order valence-electron chi connectivity index (χ3n) is 8.14. The summed E-state index contributed by atoms with van der Waals surface area (Å²) in [6.07, 6.45) is 0. The van der Waals surface area contributed by atoms with Crippen molar-refractivity contribution in [3.05, 3.63) is 70.8 Å². The van der Waals surface area contributed by atoms with E-state index in [1.807, 2.05) is 13.8 Å². The molecule has 0 amide bonds. The van der Waals surface area contributed by atoms with Gasteiger partial charge in [0.1, 0.15) is 0 Å². The molecule has 0 N–H and O–H groups in total. The van der Waals surface area contributed by atoms with Crippen molar-refractivity contribution in [1.82, 2.24) is 0 Å². The topological polar surface area (TPSA) is 0 Å². The third-order valence-corrected chi connectivity index (χ3v) is 8.14. The summed E-state index contributed by atoms with van der Waals surface area (Å²) in [5.74, 6) is 0. The van der Waals surface area contributed by atoms with E-state index in [0.717, 1.165) is 0 Å². The minimum Gasteiger partial charge on any atom is -0.0683 e. The SMILES string of the molecule is CC.CC(C)(C)c1cc2cc(C(C)(C)C)cc3c4cc(C(C)(C)C)cc5cc(C(C)(C)C)cc(c(c1)c23)c54. The van der Waals surface area contributed by atoms with Crippen LogP contribution in [-0.2, 0) is 21.7 Å². The van der Waals surface area contributed by atoms with Crippen LogP contribution >= 0.6 is 0 Å². The maximum absolute atomic E-state index is 2.49. The molecule has 0 aliphatic carbocycles. The summed E-state index contributed by atoms with van der Waals surface area (Å²) in [5.41, 5.74) is 5.97. The van der Waals surface area contributed by atoms with Gasteiger partial charge >= 0.3 is 0 Å². The van der Waals surface area contributed by atoms with Crippen molar-refractivity contribution in [1.29, 1.82) is 0 Å². The van der Waals surface area contributed by atoms with Crippen molar-refractivity contribution in [3.8, 4) is 0 Å². The molecular weight excluding hydrogens is 456 g/mol. The van der Waals surface area contributed by atoms with Crippen molar-refractivity contribution in [2.24, 2.45) is 0 Å². The van der Waals surface area contributed by atoms with E-state index in [1.165, 1.54) is 65.3 Å². The summed E-state index contributed by atoms with van der Waals surface area (Å²) in [5, 5.41) is 11.2. The Labute approximate surface area is 232 Å². The van der Waals surface area contributed by atoms with Crippen LogP contribution in [-0.4, -0.2) is 0 Å². The summed E-state index contributed by atoms with van der Waals surface area (Å²) in [6, 6.07) is 19.8. The van der Waals surface area contributed by atoms with Gasteiger partial charge in [-0.05, 0) is 111 Å². The van der Waals surface area contributed by atoms with Gasteiger partial charge in [-0.15, -0.1) is 0 Å². The molecular formula is C38H50. The lowest BCUT2D eigenvalue weighted by Gasteiger charge is -2.28. The normalized spacial score (nSPS) is 13.5. The predicted octanol–water partition coefficient (Wildman–Crippen LogP) is 12.0. The highest BCUT2D eigenvalue weighted by molar-refractivity contribution is 6.33. The number of hydrogen-bond donors (Lipinski definition) is 0. The lowest BCUT2D eigenvalue weighted by atomic mass is 9.76. The van der Waals surface area contributed by atoms with Crippen molar-refractivity contribution in [3.63, 3.8) is 0 Å². The van der Waals surface area contributed by atoms with Crippen LogP contribution in [0.1, 0.15) is 119 Å². The fourth-order valence-electron chi connectivity index (χ4n) is 5.61. The maximum Gasteiger partial charge on any atom is -0.00260 e. The fraction of sp³-hybridized carbons (Fsp3) is 0.474. The molecule has 0 aromatic heterocycles. The Bertz CT molecular complexity index is 1390. The first-order chi connectivity index (χ1) is 17.4. The molecule has 0 bridgehead atoms. The van der Waals surface area contributed by atoms with Gasteiger partial charge in [0.25, 0.3) is 0 Å². The van der Waals surface area contributed by atoms with Crippen LogP contribution in [0.4, 0.5) is 0 Å². The summed E-state index contributed by atoms with van der Waals surface area (Å²) in [6.45, 7) is 32.0. The van der Waals surface area contributed by atoms with E-state index in [-0.39, 0.29) is 21.7 Å². The lowest BCUT2D eigenvalue weighted by molar-refractivity contribution is 0.589. The van der Waals surface area contributed by atoms with E-state index in [1.54, 1.807) is 0 Å². The molecule has 0 saturated carbocycles. The molecule has 38 heavy (non-hydrogen) atoms. The van der Waals surface area contributed by atoms with Gasteiger partial charge in [0.05, 0.1) is 0 Å². The molecule has 0 atom stereocenters. The first-order valence-electron chi connectivity index (χ1n) is 14.6. The van der Waals surface area contributed by atoms with Gasteiger partial charge in [0.15, 0.2) is 0 Å². The molecule has 0 aliphatic rings. The molecule has 0 spiro atoms. The lowest BCUT2D eigenvalue weighted by Crippen LogP contribution is -2.14. The first kappa shape index (κ1) is 28.4. The smallest absolute Gasteiger partial charge is 0.00260 e. The van der Waals surface area contributed by atoms with Crippen molar-refractivity contribution < 1.29 is 0 Å². The molecule has 0 fully saturated rings. The summed E-state index contributed by atoms with van der Waals surface area (Å²) in [4.78, 5) is 0. The van der Waals surface area contributed by atoms with Gasteiger partial charge in [-0.1, -0.05) is 121 Å². The van der Waals surface area contributed by atoms with Crippen LogP contribution in [0.15, 0.2) is 48.5 Å².